The number of rotatable bonds is 3. The maximum Gasteiger partial charge on any atom is 0.338 e. The molecule has 5 heteroatoms. The highest BCUT2D eigenvalue weighted by Crippen LogP contribution is 2.08. The minimum Gasteiger partial charge on any atom is -0.462 e. The molecular weight excluding hydrogens is 206 g/mol. The number of nitrogens with zero attached hydrogens (tertiary/aromatic N) is 3. The van der Waals surface area contributed by atoms with Crippen LogP contribution in [0.2, 0.25) is 0 Å². The average molecular weight is 217 g/mol. The molecular formula is C11H11N3O2. The van der Waals surface area contributed by atoms with E-state index in [2.05, 4.69) is 10.1 Å². The summed E-state index contributed by atoms with van der Waals surface area (Å²) in [6, 6.07) is 6.99. The van der Waals surface area contributed by atoms with Crippen molar-refractivity contribution in [2.75, 3.05) is 6.61 Å². The van der Waals surface area contributed by atoms with E-state index in [4.69, 9.17) is 4.74 Å². The molecule has 82 valence electrons. The van der Waals surface area contributed by atoms with E-state index in [0.717, 1.165) is 5.69 Å². The second-order valence-corrected chi connectivity index (χ2v) is 3.11. The lowest BCUT2D eigenvalue weighted by molar-refractivity contribution is 0.0526. The Bertz CT molecular complexity index is 462. The molecule has 0 saturated heterocycles. The fraction of sp³-hybridized carbons (Fsp3) is 0.182. The van der Waals surface area contributed by atoms with Crippen LogP contribution in [0.5, 0.6) is 0 Å². The van der Waals surface area contributed by atoms with Crippen LogP contribution in [0.1, 0.15) is 17.3 Å². The Labute approximate surface area is 92.7 Å². The zero-order valence-electron chi connectivity index (χ0n) is 8.83. The predicted octanol–water partition coefficient (Wildman–Crippen LogP) is 1.44. The topological polar surface area (TPSA) is 57.0 Å². The van der Waals surface area contributed by atoms with Gasteiger partial charge in [0, 0.05) is 0 Å². The number of ether oxygens (including phenoxy) is 1. The van der Waals surface area contributed by atoms with E-state index in [1.165, 1.54) is 6.33 Å². The minimum atomic E-state index is -0.312. The zero-order chi connectivity index (χ0) is 11.4. The zero-order valence-corrected chi connectivity index (χ0v) is 8.83. The van der Waals surface area contributed by atoms with Crippen molar-refractivity contribution >= 4 is 5.97 Å². The van der Waals surface area contributed by atoms with Gasteiger partial charge in [-0.1, -0.05) is 0 Å². The molecule has 0 unspecified atom stereocenters. The largest absolute Gasteiger partial charge is 0.462 e. The van der Waals surface area contributed by atoms with Crippen molar-refractivity contribution in [3.63, 3.8) is 0 Å². The molecule has 16 heavy (non-hydrogen) atoms. The Morgan fingerprint density at radius 1 is 1.38 bits per heavy atom. The number of carbonyl (C=O) groups is 1. The van der Waals surface area contributed by atoms with Gasteiger partial charge in [-0.3, -0.25) is 0 Å². The van der Waals surface area contributed by atoms with Gasteiger partial charge in [-0.25, -0.2) is 14.5 Å². The predicted molar refractivity (Wildman–Crippen MR) is 57.3 cm³/mol. The molecule has 0 fully saturated rings. The minimum absolute atomic E-state index is 0.312. The molecule has 0 bridgehead atoms. The smallest absolute Gasteiger partial charge is 0.338 e. The molecule has 1 heterocycles. The van der Waals surface area contributed by atoms with Gasteiger partial charge >= 0.3 is 5.97 Å². The molecule has 0 aliphatic rings. The van der Waals surface area contributed by atoms with E-state index in [9.17, 15) is 4.79 Å². The van der Waals surface area contributed by atoms with Crippen LogP contribution >= 0.6 is 0 Å². The van der Waals surface area contributed by atoms with Gasteiger partial charge in [0.2, 0.25) is 0 Å². The van der Waals surface area contributed by atoms with Crippen LogP contribution in [-0.2, 0) is 4.74 Å². The van der Waals surface area contributed by atoms with Crippen LogP contribution in [0.3, 0.4) is 0 Å². The number of hydrogen-bond acceptors (Lipinski definition) is 4. The molecule has 0 radical (unpaired) electrons. The summed E-state index contributed by atoms with van der Waals surface area (Å²) >= 11 is 0. The molecule has 0 amide bonds. The first-order valence-electron chi connectivity index (χ1n) is 4.93. The Kier molecular flexibility index (Phi) is 2.95. The second-order valence-electron chi connectivity index (χ2n) is 3.11. The van der Waals surface area contributed by atoms with Crippen LogP contribution in [0.25, 0.3) is 5.69 Å². The first-order valence-corrected chi connectivity index (χ1v) is 4.93. The van der Waals surface area contributed by atoms with E-state index in [1.54, 1.807) is 42.2 Å². The third-order valence-electron chi connectivity index (χ3n) is 2.06. The van der Waals surface area contributed by atoms with Gasteiger partial charge in [-0.15, -0.1) is 0 Å². The Morgan fingerprint density at radius 2 is 2.12 bits per heavy atom. The van der Waals surface area contributed by atoms with Gasteiger partial charge in [0.1, 0.15) is 12.7 Å². The summed E-state index contributed by atoms with van der Waals surface area (Å²) in [6.07, 6.45) is 3.05. The van der Waals surface area contributed by atoms with Gasteiger partial charge in [-0.2, -0.15) is 5.10 Å². The van der Waals surface area contributed by atoms with Crippen LogP contribution in [0.4, 0.5) is 0 Å². The summed E-state index contributed by atoms with van der Waals surface area (Å²) in [5.74, 6) is -0.312. The van der Waals surface area contributed by atoms with E-state index >= 15 is 0 Å². The third-order valence-corrected chi connectivity index (χ3v) is 2.06. The van der Waals surface area contributed by atoms with Crippen molar-refractivity contribution in [3.8, 4) is 5.69 Å². The molecule has 5 nitrogen and oxygen atoms in total. The molecule has 0 aliphatic heterocycles. The molecule has 0 N–H and O–H groups in total. The summed E-state index contributed by atoms with van der Waals surface area (Å²) in [5.41, 5.74) is 1.39. The summed E-state index contributed by atoms with van der Waals surface area (Å²) in [4.78, 5) is 15.2. The second kappa shape index (κ2) is 4.57. The van der Waals surface area contributed by atoms with Crippen molar-refractivity contribution in [2.24, 2.45) is 0 Å². The van der Waals surface area contributed by atoms with Crippen molar-refractivity contribution in [1.29, 1.82) is 0 Å². The maximum absolute atomic E-state index is 11.4. The van der Waals surface area contributed by atoms with E-state index in [0.29, 0.717) is 12.2 Å². The van der Waals surface area contributed by atoms with Gasteiger partial charge < -0.3 is 4.74 Å². The first kappa shape index (κ1) is 10.4. The third kappa shape index (κ3) is 2.08. The maximum atomic E-state index is 11.4. The Hall–Kier alpha value is -2.17. The average Bonchev–Trinajstić information content (AvgIpc) is 2.83. The number of hydrogen-bond donors (Lipinski definition) is 0. The molecule has 0 spiro atoms. The standard InChI is InChI=1S/C11H11N3O2/c1-2-16-11(15)9-3-5-10(6-4-9)14-8-12-7-13-14/h3-8H,2H2,1H3. The molecule has 0 aliphatic carbocycles. The molecule has 1 aromatic carbocycles. The number of carbonyl (C=O) groups excluding carboxylic acids is 1. The molecule has 2 rings (SSSR count). The normalized spacial score (nSPS) is 10.1. The molecule has 1 aromatic heterocycles. The van der Waals surface area contributed by atoms with Crippen LogP contribution in [-0.4, -0.2) is 27.3 Å². The van der Waals surface area contributed by atoms with E-state index in [1.807, 2.05) is 0 Å². The van der Waals surface area contributed by atoms with Gasteiger partial charge in [-0.05, 0) is 31.2 Å². The SMILES string of the molecule is CCOC(=O)c1ccc(-n2cncn2)cc1. The first-order chi connectivity index (χ1) is 7.81. The highest BCUT2D eigenvalue weighted by molar-refractivity contribution is 5.89. The number of benzene rings is 1. The van der Waals surface area contributed by atoms with Gasteiger partial charge in [0.05, 0.1) is 17.9 Å². The lowest BCUT2D eigenvalue weighted by Crippen LogP contribution is -2.04. The van der Waals surface area contributed by atoms with Gasteiger partial charge in [0.25, 0.3) is 0 Å². The lowest BCUT2D eigenvalue weighted by Gasteiger charge is -2.03. The summed E-state index contributed by atoms with van der Waals surface area (Å²) in [5, 5.41) is 3.99. The lowest BCUT2D eigenvalue weighted by atomic mass is 10.2. The summed E-state index contributed by atoms with van der Waals surface area (Å²) < 4.78 is 6.50. The molecule has 0 saturated carbocycles. The fourth-order valence-electron chi connectivity index (χ4n) is 1.31. The fourth-order valence-corrected chi connectivity index (χ4v) is 1.31. The van der Waals surface area contributed by atoms with Crippen molar-refractivity contribution in [3.05, 3.63) is 42.5 Å². The number of aromatic nitrogens is 3. The summed E-state index contributed by atoms with van der Waals surface area (Å²) in [6.45, 7) is 2.16. The molecule has 0 atom stereocenters. The Balaban J connectivity index is 2.20. The van der Waals surface area contributed by atoms with Crippen LogP contribution in [0.15, 0.2) is 36.9 Å². The van der Waals surface area contributed by atoms with Crippen LogP contribution in [0, 0.1) is 0 Å². The van der Waals surface area contributed by atoms with E-state index in [-0.39, 0.29) is 5.97 Å². The van der Waals surface area contributed by atoms with Crippen molar-refractivity contribution in [1.82, 2.24) is 14.8 Å². The number of esters is 1. The molecule has 2 aromatic rings. The van der Waals surface area contributed by atoms with Gasteiger partial charge in [0.15, 0.2) is 0 Å². The van der Waals surface area contributed by atoms with Crippen molar-refractivity contribution in [2.45, 2.75) is 6.92 Å². The highest BCUT2D eigenvalue weighted by atomic mass is 16.5. The summed E-state index contributed by atoms with van der Waals surface area (Å²) in [7, 11) is 0. The van der Waals surface area contributed by atoms with Crippen LogP contribution < -0.4 is 0 Å². The van der Waals surface area contributed by atoms with Crippen molar-refractivity contribution < 1.29 is 9.53 Å². The highest BCUT2D eigenvalue weighted by Gasteiger charge is 2.05. The monoisotopic (exact) mass is 217 g/mol. The quantitative estimate of drug-likeness (QED) is 0.730. The Morgan fingerprint density at radius 3 is 2.69 bits per heavy atom. The van der Waals surface area contributed by atoms with E-state index < -0.39 is 0 Å².